The quantitative estimate of drug-likeness (QED) is 0.188. The van der Waals surface area contributed by atoms with Crippen LogP contribution < -0.4 is 11.4 Å². The lowest BCUT2D eigenvalue weighted by Crippen LogP contribution is -2.48. The molecule has 2 bridgehead atoms. The summed E-state index contributed by atoms with van der Waals surface area (Å²) >= 11 is 0. The normalized spacial score (nSPS) is 20.0. The summed E-state index contributed by atoms with van der Waals surface area (Å²) in [6.45, 7) is 4.90. The van der Waals surface area contributed by atoms with Crippen LogP contribution in [0.1, 0.15) is 48.5 Å². The van der Waals surface area contributed by atoms with Crippen LogP contribution in [0.5, 0.6) is 0 Å². The Labute approximate surface area is 300 Å². The highest BCUT2D eigenvalue weighted by molar-refractivity contribution is 7.86. The summed E-state index contributed by atoms with van der Waals surface area (Å²) in [5.74, 6) is 0.779. The van der Waals surface area contributed by atoms with Gasteiger partial charge in [0.15, 0.2) is 0 Å². The van der Waals surface area contributed by atoms with Gasteiger partial charge in [0.05, 0.1) is 37.3 Å². The molecule has 0 radical (unpaired) electrons. The molecule has 6 rings (SSSR count). The van der Waals surface area contributed by atoms with Crippen molar-refractivity contribution in [2.24, 2.45) is 14.1 Å². The molecule has 0 spiro atoms. The van der Waals surface area contributed by atoms with Gasteiger partial charge >= 0.3 is 11.4 Å². The lowest BCUT2D eigenvalue weighted by atomic mass is 9.99. The number of nitrogens with zero attached hydrogens (tertiary/aromatic N) is 7. The molecular weight excluding hydrogens is 703 g/mol. The highest BCUT2D eigenvalue weighted by Crippen LogP contribution is 2.37. The van der Waals surface area contributed by atoms with Crippen LogP contribution in [0, 0.1) is 26.6 Å². The van der Waals surface area contributed by atoms with Crippen molar-refractivity contribution in [3.63, 3.8) is 0 Å². The van der Waals surface area contributed by atoms with E-state index in [0.717, 1.165) is 41.5 Å². The van der Waals surface area contributed by atoms with Crippen LogP contribution in [0.25, 0.3) is 0 Å². The Hall–Kier alpha value is -4.06. The van der Waals surface area contributed by atoms with Gasteiger partial charge in [-0.1, -0.05) is 29.8 Å². The Balaban J connectivity index is 0.000000207. The third-order valence-corrected chi connectivity index (χ3v) is 10.9. The van der Waals surface area contributed by atoms with E-state index >= 15 is 0 Å². The minimum absolute atomic E-state index is 0.0129. The number of hydrogen-bond donors (Lipinski definition) is 0. The summed E-state index contributed by atoms with van der Waals surface area (Å²) in [5, 5.41) is 8.02. The highest BCUT2D eigenvalue weighted by Gasteiger charge is 2.42. The first-order valence-corrected chi connectivity index (χ1v) is 18.6. The second kappa shape index (κ2) is 16.7. The Bertz CT molecular complexity index is 2010. The molecule has 2 saturated heterocycles. The number of alkyl halides is 2. The molecule has 0 N–H and O–H groups in total. The first-order chi connectivity index (χ1) is 24.6. The molecule has 4 atom stereocenters. The zero-order valence-corrected chi connectivity index (χ0v) is 30.8. The number of benzene rings is 2. The van der Waals surface area contributed by atoms with Gasteiger partial charge in [-0.3, -0.25) is 18.2 Å². The van der Waals surface area contributed by atoms with Gasteiger partial charge in [-0.05, 0) is 76.3 Å². The predicted octanol–water partition coefficient (Wildman–Crippen LogP) is 3.52. The van der Waals surface area contributed by atoms with Gasteiger partial charge < -0.3 is 4.74 Å². The largest absolute Gasteiger partial charge is 0.373 e. The average Bonchev–Trinajstić information content (AvgIpc) is 3.59. The molecule has 52 heavy (non-hydrogen) atoms. The van der Waals surface area contributed by atoms with E-state index in [1.54, 1.807) is 45.2 Å². The van der Waals surface area contributed by atoms with Crippen molar-refractivity contribution in [2.75, 3.05) is 13.2 Å². The number of fused-ring (bicyclic) bond motifs is 2. The second-order valence-electron chi connectivity index (χ2n) is 13.5. The fourth-order valence-corrected chi connectivity index (χ4v) is 7.47. The van der Waals surface area contributed by atoms with Crippen LogP contribution in [-0.4, -0.2) is 85.7 Å². The van der Waals surface area contributed by atoms with E-state index in [1.807, 2.05) is 6.92 Å². The molecule has 2 aliphatic rings. The molecule has 2 fully saturated rings. The van der Waals surface area contributed by atoms with Crippen LogP contribution in [0.3, 0.4) is 0 Å². The van der Waals surface area contributed by atoms with E-state index in [4.69, 9.17) is 8.92 Å². The fraction of sp³-hybridized carbons (Fsp3) is 0.543. The van der Waals surface area contributed by atoms with Crippen molar-refractivity contribution in [1.29, 1.82) is 0 Å². The minimum atomic E-state index is -4.03. The Morgan fingerprint density at radius 2 is 1.31 bits per heavy atom. The van der Waals surface area contributed by atoms with Gasteiger partial charge in [-0.15, -0.1) is 0 Å². The van der Waals surface area contributed by atoms with E-state index in [1.165, 1.54) is 45.1 Å². The molecule has 13 nitrogen and oxygen atoms in total. The summed E-state index contributed by atoms with van der Waals surface area (Å²) in [6.07, 6.45) is 1.20. The molecule has 0 saturated carbocycles. The van der Waals surface area contributed by atoms with E-state index in [2.05, 4.69) is 15.1 Å². The average molecular weight is 750 g/mol. The van der Waals surface area contributed by atoms with Crippen molar-refractivity contribution in [2.45, 2.75) is 102 Å². The number of aryl methyl sites for hydroxylation is 3. The number of aromatic nitrogens is 6. The molecule has 17 heteroatoms. The highest BCUT2D eigenvalue weighted by atomic mass is 32.2. The summed E-state index contributed by atoms with van der Waals surface area (Å²) in [6, 6.07) is 13.0. The number of halogens is 3. The molecule has 284 valence electrons. The van der Waals surface area contributed by atoms with Crippen molar-refractivity contribution >= 4 is 10.1 Å². The topological polar surface area (TPSA) is 135 Å². The van der Waals surface area contributed by atoms with E-state index in [9.17, 15) is 31.2 Å². The smallest absolute Gasteiger partial charge is 0.345 e. The maximum Gasteiger partial charge on any atom is 0.345 e. The minimum Gasteiger partial charge on any atom is -0.373 e. The number of ether oxygens (including phenoxy) is 1. The molecule has 0 aliphatic carbocycles. The van der Waals surface area contributed by atoms with Crippen LogP contribution >= 0.6 is 0 Å². The van der Waals surface area contributed by atoms with E-state index < -0.39 is 34.8 Å². The van der Waals surface area contributed by atoms with Crippen molar-refractivity contribution in [3.05, 3.63) is 98.1 Å². The lowest BCUT2D eigenvalue weighted by molar-refractivity contribution is -0.0342. The summed E-state index contributed by atoms with van der Waals surface area (Å²) in [4.78, 5) is 26.0. The standard InChI is InChI=1S/C21H28F2N4O2.C14H18FN3O4S/c1-14-24-27(21(28)25(14)2)12-17(23)11-26-18-7-8-19(26)10-20(9-18)29-13-15-3-5-16(22)6-4-15;1-10-4-6-13(7-5-10)23(20,21)22-9-12(15)8-18-14(19)17(3)11(2)16-18/h3-6,17-20H,7-13H2,1-2H3;4-7,12H,8-9H2,1-3H3/t17-,18?,19?,20?;12-/m10/s1. The van der Waals surface area contributed by atoms with Gasteiger partial charge in [0, 0.05) is 32.7 Å². The molecule has 2 aromatic carbocycles. The van der Waals surface area contributed by atoms with Gasteiger partial charge in [-0.25, -0.2) is 32.1 Å². The Kier molecular flexibility index (Phi) is 12.6. The van der Waals surface area contributed by atoms with E-state index in [-0.39, 0.29) is 35.6 Å². The molecular formula is C35H46F3N7O6S. The maximum atomic E-state index is 14.8. The predicted molar refractivity (Wildman–Crippen MR) is 186 cm³/mol. The van der Waals surface area contributed by atoms with Crippen molar-refractivity contribution in [1.82, 2.24) is 33.6 Å². The van der Waals surface area contributed by atoms with Crippen molar-refractivity contribution < 1.29 is 30.5 Å². The number of piperidine rings is 1. The monoisotopic (exact) mass is 749 g/mol. The molecule has 4 aromatic rings. The van der Waals surface area contributed by atoms with Gasteiger partial charge in [-0.2, -0.15) is 18.6 Å². The van der Waals surface area contributed by atoms with Gasteiger partial charge in [0.2, 0.25) is 0 Å². The molecule has 2 aromatic heterocycles. The number of hydrogen-bond acceptors (Lipinski definition) is 9. The Morgan fingerprint density at radius 1 is 0.788 bits per heavy atom. The van der Waals surface area contributed by atoms with Crippen LogP contribution in [-0.2, 0) is 52.8 Å². The summed E-state index contributed by atoms with van der Waals surface area (Å²) in [7, 11) is -0.866. The third-order valence-electron chi connectivity index (χ3n) is 9.62. The molecule has 0 amide bonds. The molecule has 2 aliphatic heterocycles. The van der Waals surface area contributed by atoms with Crippen LogP contribution in [0.2, 0.25) is 0 Å². The SMILES string of the molecule is Cc1ccc(S(=O)(=O)OC[C@@H](F)Cn2nc(C)n(C)c2=O)cc1.Cc1nn(C[C@H](F)CN2C3CCC2CC(OCc2ccc(F)cc2)C3)c(=O)n1C. The first kappa shape index (κ1) is 39.2. The molecule has 2 unspecified atom stereocenters. The lowest BCUT2D eigenvalue weighted by Gasteiger charge is -2.39. The Morgan fingerprint density at radius 3 is 1.81 bits per heavy atom. The zero-order valence-electron chi connectivity index (χ0n) is 30.0. The van der Waals surface area contributed by atoms with Crippen LogP contribution in [0.15, 0.2) is 63.0 Å². The van der Waals surface area contributed by atoms with Gasteiger partial charge in [0.25, 0.3) is 10.1 Å². The number of rotatable bonds is 13. The van der Waals surface area contributed by atoms with Gasteiger partial charge in [0.1, 0.15) is 29.8 Å². The van der Waals surface area contributed by atoms with E-state index in [0.29, 0.717) is 36.9 Å². The second-order valence-corrected chi connectivity index (χ2v) is 15.1. The zero-order chi connectivity index (χ0) is 37.7. The fourth-order valence-electron chi connectivity index (χ4n) is 6.53. The first-order valence-electron chi connectivity index (χ1n) is 17.2. The molecule has 4 heterocycles. The summed E-state index contributed by atoms with van der Waals surface area (Å²) in [5.41, 5.74) is 1.12. The third kappa shape index (κ3) is 9.67. The van der Waals surface area contributed by atoms with Crippen LogP contribution in [0.4, 0.5) is 13.2 Å². The maximum absolute atomic E-state index is 14.8. The van der Waals surface area contributed by atoms with Crippen molar-refractivity contribution in [3.8, 4) is 0 Å². The summed E-state index contributed by atoms with van der Waals surface area (Å²) < 4.78 is 81.2.